The molecule has 106 valence electrons. The monoisotopic (exact) mass is 287 g/mol. The molecule has 2 aromatic rings. The van der Waals surface area contributed by atoms with Crippen LogP contribution in [0.15, 0.2) is 29.2 Å². The number of aryl methyl sites for hydroxylation is 1. The van der Waals surface area contributed by atoms with Crippen molar-refractivity contribution < 1.29 is 0 Å². The SMILES string of the molecule is Cc1ccc(C[C@@H]2CCCN(Cc3cscn3)C2)cn1. The first-order valence-corrected chi connectivity index (χ1v) is 8.25. The Bertz CT molecular complexity index is 521. The van der Waals surface area contributed by atoms with Crippen molar-refractivity contribution in [2.45, 2.75) is 32.7 Å². The molecule has 0 unspecified atom stereocenters. The van der Waals surface area contributed by atoms with Crippen LogP contribution in [0, 0.1) is 12.8 Å². The lowest BCUT2D eigenvalue weighted by molar-refractivity contribution is 0.165. The van der Waals surface area contributed by atoms with Gasteiger partial charge in [-0.25, -0.2) is 4.98 Å². The zero-order valence-corrected chi connectivity index (χ0v) is 12.8. The lowest BCUT2D eigenvalue weighted by atomic mass is 9.92. The predicted octanol–water partition coefficient (Wildman–Crippen LogP) is 3.30. The molecule has 1 aliphatic rings. The Kier molecular flexibility index (Phi) is 4.43. The summed E-state index contributed by atoms with van der Waals surface area (Å²) in [6, 6.07) is 4.34. The van der Waals surface area contributed by atoms with Crippen LogP contribution >= 0.6 is 11.3 Å². The third-order valence-electron chi connectivity index (χ3n) is 3.97. The molecule has 4 heteroatoms. The van der Waals surface area contributed by atoms with Gasteiger partial charge in [-0.05, 0) is 50.3 Å². The van der Waals surface area contributed by atoms with Gasteiger partial charge in [0.1, 0.15) is 0 Å². The van der Waals surface area contributed by atoms with Gasteiger partial charge in [0, 0.05) is 30.4 Å². The number of hydrogen-bond donors (Lipinski definition) is 0. The van der Waals surface area contributed by atoms with Crippen LogP contribution in [0.4, 0.5) is 0 Å². The van der Waals surface area contributed by atoms with Crippen LogP contribution in [0.5, 0.6) is 0 Å². The van der Waals surface area contributed by atoms with Gasteiger partial charge in [-0.3, -0.25) is 9.88 Å². The minimum atomic E-state index is 0.756. The quantitative estimate of drug-likeness (QED) is 0.864. The fourth-order valence-electron chi connectivity index (χ4n) is 2.96. The van der Waals surface area contributed by atoms with Crippen LogP contribution < -0.4 is 0 Å². The summed E-state index contributed by atoms with van der Waals surface area (Å²) in [5.74, 6) is 0.756. The van der Waals surface area contributed by atoms with E-state index in [1.807, 2.05) is 18.6 Å². The van der Waals surface area contributed by atoms with Crippen molar-refractivity contribution in [1.29, 1.82) is 0 Å². The molecule has 0 bridgehead atoms. The zero-order valence-electron chi connectivity index (χ0n) is 12.0. The average molecular weight is 287 g/mol. The second kappa shape index (κ2) is 6.46. The van der Waals surface area contributed by atoms with Gasteiger partial charge in [0.15, 0.2) is 0 Å². The van der Waals surface area contributed by atoms with Gasteiger partial charge in [-0.1, -0.05) is 6.07 Å². The Labute approximate surface area is 124 Å². The van der Waals surface area contributed by atoms with E-state index >= 15 is 0 Å². The molecule has 3 heterocycles. The van der Waals surface area contributed by atoms with Crippen LogP contribution in [0.2, 0.25) is 0 Å². The van der Waals surface area contributed by atoms with E-state index < -0.39 is 0 Å². The predicted molar refractivity (Wildman–Crippen MR) is 82.8 cm³/mol. The second-order valence-electron chi connectivity index (χ2n) is 5.74. The molecule has 0 saturated carbocycles. The summed E-state index contributed by atoms with van der Waals surface area (Å²) in [4.78, 5) is 11.3. The van der Waals surface area contributed by atoms with Crippen LogP contribution in [0.25, 0.3) is 0 Å². The van der Waals surface area contributed by atoms with Gasteiger partial charge in [-0.15, -0.1) is 11.3 Å². The fourth-order valence-corrected chi connectivity index (χ4v) is 3.51. The Morgan fingerprint density at radius 1 is 1.35 bits per heavy atom. The standard InChI is InChI=1S/C16H21N3S/c1-13-4-5-14(8-17-13)7-15-3-2-6-19(9-15)10-16-11-20-12-18-16/h4-5,8,11-12,15H,2-3,6-7,9-10H2,1H3/t15-/m0/s1. The van der Waals surface area contributed by atoms with E-state index in [-0.39, 0.29) is 0 Å². The van der Waals surface area contributed by atoms with E-state index in [1.54, 1.807) is 11.3 Å². The summed E-state index contributed by atoms with van der Waals surface area (Å²) in [7, 11) is 0. The molecular formula is C16H21N3S. The summed E-state index contributed by atoms with van der Waals surface area (Å²) >= 11 is 1.69. The molecule has 0 N–H and O–H groups in total. The van der Waals surface area contributed by atoms with E-state index in [2.05, 4.69) is 32.4 Å². The van der Waals surface area contributed by atoms with E-state index in [0.717, 1.165) is 24.6 Å². The van der Waals surface area contributed by atoms with Crippen LogP contribution in [-0.2, 0) is 13.0 Å². The van der Waals surface area contributed by atoms with E-state index in [9.17, 15) is 0 Å². The normalized spacial score (nSPS) is 20.1. The number of thiazole rings is 1. The number of rotatable bonds is 4. The summed E-state index contributed by atoms with van der Waals surface area (Å²) in [5.41, 5.74) is 5.61. The number of piperidine rings is 1. The highest BCUT2D eigenvalue weighted by atomic mass is 32.1. The zero-order chi connectivity index (χ0) is 13.8. The van der Waals surface area contributed by atoms with Gasteiger partial charge >= 0.3 is 0 Å². The molecule has 0 aromatic carbocycles. The molecule has 20 heavy (non-hydrogen) atoms. The van der Waals surface area contributed by atoms with Crippen molar-refractivity contribution in [2.75, 3.05) is 13.1 Å². The topological polar surface area (TPSA) is 29.0 Å². The van der Waals surface area contributed by atoms with Gasteiger partial charge in [0.05, 0.1) is 11.2 Å². The lowest BCUT2D eigenvalue weighted by Gasteiger charge is -2.32. The average Bonchev–Trinajstić information content (AvgIpc) is 2.95. The maximum Gasteiger partial charge on any atom is 0.0795 e. The molecular weight excluding hydrogens is 266 g/mol. The minimum absolute atomic E-state index is 0.756. The Hall–Kier alpha value is -1.26. The van der Waals surface area contributed by atoms with Crippen LogP contribution in [-0.4, -0.2) is 28.0 Å². The third-order valence-corrected chi connectivity index (χ3v) is 4.60. The maximum atomic E-state index is 4.40. The molecule has 3 rings (SSSR count). The van der Waals surface area contributed by atoms with Crippen LogP contribution in [0.1, 0.15) is 29.8 Å². The van der Waals surface area contributed by atoms with Gasteiger partial charge in [0.25, 0.3) is 0 Å². The number of hydrogen-bond acceptors (Lipinski definition) is 4. The number of likely N-dealkylation sites (tertiary alicyclic amines) is 1. The molecule has 0 radical (unpaired) electrons. The highest BCUT2D eigenvalue weighted by molar-refractivity contribution is 7.07. The molecule has 1 saturated heterocycles. The number of pyridine rings is 1. The second-order valence-corrected chi connectivity index (χ2v) is 6.45. The summed E-state index contributed by atoms with van der Waals surface area (Å²) in [6.45, 7) is 5.44. The lowest BCUT2D eigenvalue weighted by Crippen LogP contribution is -2.35. The first-order valence-electron chi connectivity index (χ1n) is 7.30. The Morgan fingerprint density at radius 3 is 3.05 bits per heavy atom. The van der Waals surface area contributed by atoms with Crippen molar-refractivity contribution >= 4 is 11.3 Å². The van der Waals surface area contributed by atoms with Crippen molar-refractivity contribution in [2.24, 2.45) is 5.92 Å². The smallest absolute Gasteiger partial charge is 0.0795 e. The Morgan fingerprint density at radius 2 is 2.30 bits per heavy atom. The largest absolute Gasteiger partial charge is 0.297 e. The van der Waals surface area contributed by atoms with Crippen molar-refractivity contribution in [3.8, 4) is 0 Å². The molecule has 0 amide bonds. The first-order chi connectivity index (χ1) is 9.79. The Balaban J connectivity index is 1.56. The molecule has 0 aliphatic carbocycles. The van der Waals surface area contributed by atoms with Crippen molar-refractivity contribution in [1.82, 2.24) is 14.9 Å². The van der Waals surface area contributed by atoms with Crippen molar-refractivity contribution in [3.05, 3.63) is 46.2 Å². The highest BCUT2D eigenvalue weighted by Crippen LogP contribution is 2.22. The summed E-state index contributed by atoms with van der Waals surface area (Å²) in [6.07, 6.45) is 5.82. The molecule has 1 aliphatic heterocycles. The number of nitrogens with zero attached hydrogens (tertiary/aromatic N) is 3. The van der Waals surface area contributed by atoms with Gasteiger partial charge in [-0.2, -0.15) is 0 Å². The molecule has 0 spiro atoms. The van der Waals surface area contributed by atoms with E-state index in [1.165, 1.54) is 37.2 Å². The number of aromatic nitrogens is 2. The molecule has 1 atom stereocenters. The highest BCUT2D eigenvalue weighted by Gasteiger charge is 2.20. The summed E-state index contributed by atoms with van der Waals surface area (Å²) in [5, 5.41) is 2.16. The minimum Gasteiger partial charge on any atom is -0.297 e. The third kappa shape index (κ3) is 3.64. The molecule has 1 fully saturated rings. The molecule has 3 nitrogen and oxygen atoms in total. The van der Waals surface area contributed by atoms with Crippen LogP contribution in [0.3, 0.4) is 0 Å². The molecule has 2 aromatic heterocycles. The van der Waals surface area contributed by atoms with E-state index in [0.29, 0.717) is 0 Å². The fraction of sp³-hybridized carbons (Fsp3) is 0.500. The maximum absolute atomic E-state index is 4.40. The van der Waals surface area contributed by atoms with Gasteiger partial charge in [0.2, 0.25) is 0 Å². The van der Waals surface area contributed by atoms with Gasteiger partial charge < -0.3 is 0 Å². The van der Waals surface area contributed by atoms with Crippen molar-refractivity contribution in [3.63, 3.8) is 0 Å². The summed E-state index contributed by atoms with van der Waals surface area (Å²) < 4.78 is 0. The first kappa shape index (κ1) is 13.7. The van der Waals surface area contributed by atoms with E-state index in [4.69, 9.17) is 0 Å².